The Hall–Kier alpha value is -2.78. The van der Waals surface area contributed by atoms with Crippen LogP contribution in [0.25, 0.3) is 0 Å². The monoisotopic (exact) mass is 389 g/mol. The van der Waals surface area contributed by atoms with Gasteiger partial charge in [-0.1, -0.05) is 12.1 Å². The predicted octanol–water partition coefficient (Wildman–Crippen LogP) is 1.34. The molecule has 9 heteroatoms. The summed E-state index contributed by atoms with van der Waals surface area (Å²) >= 11 is 0. The molecular weight excluding hydrogens is 373 g/mol. The lowest BCUT2D eigenvalue weighted by Gasteiger charge is -2.20. The van der Waals surface area contributed by atoms with Gasteiger partial charge in [-0.25, -0.2) is 17.5 Å². The van der Waals surface area contributed by atoms with Crippen molar-refractivity contribution in [2.24, 2.45) is 0 Å². The van der Waals surface area contributed by atoms with Crippen molar-refractivity contribution in [1.29, 1.82) is 0 Å². The largest absolute Gasteiger partial charge is 0.325 e. The van der Waals surface area contributed by atoms with Gasteiger partial charge in [0.15, 0.2) is 0 Å². The van der Waals surface area contributed by atoms with E-state index in [1.807, 2.05) is 0 Å². The number of amides is 2. The normalized spacial score (nSPS) is 22.0. The molecule has 0 unspecified atom stereocenters. The Balaban J connectivity index is 1.57. The van der Waals surface area contributed by atoms with E-state index in [1.165, 1.54) is 17.0 Å². The van der Waals surface area contributed by atoms with Gasteiger partial charge in [-0.2, -0.15) is 0 Å². The van der Waals surface area contributed by atoms with E-state index in [9.17, 15) is 22.4 Å². The zero-order valence-corrected chi connectivity index (χ0v) is 14.9. The Morgan fingerprint density at radius 3 is 2.52 bits per heavy atom. The number of hydrogen-bond acceptors (Lipinski definition) is 4. The number of anilines is 1. The van der Waals surface area contributed by atoms with Crippen LogP contribution in [-0.2, 0) is 14.8 Å². The first-order valence-electron chi connectivity index (χ1n) is 8.34. The first kappa shape index (κ1) is 17.6. The molecule has 7 nitrogen and oxygen atoms in total. The maximum atomic E-state index is 13.0. The van der Waals surface area contributed by atoms with Gasteiger partial charge in [0.05, 0.1) is 16.1 Å². The molecule has 2 N–H and O–H groups in total. The molecule has 140 valence electrons. The van der Waals surface area contributed by atoms with Crippen molar-refractivity contribution in [1.82, 2.24) is 9.62 Å². The summed E-state index contributed by atoms with van der Waals surface area (Å²) in [6.07, 6.45) is 0.159. The van der Waals surface area contributed by atoms with Gasteiger partial charge in [-0.3, -0.25) is 9.59 Å². The highest BCUT2D eigenvalue weighted by molar-refractivity contribution is 7.89. The third kappa shape index (κ3) is 3.19. The van der Waals surface area contributed by atoms with E-state index in [-0.39, 0.29) is 29.7 Å². The van der Waals surface area contributed by atoms with Crippen LogP contribution in [0.2, 0.25) is 0 Å². The Labute approximate surface area is 155 Å². The zero-order chi connectivity index (χ0) is 19.2. The van der Waals surface area contributed by atoms with Crippen LogP contribution in [0.1, 0.15) is 16.8 Å². The fourth-order valence-corrected chi connectivity index (χ4v) is 4.68. The Morgan fingerprint density at radius 2 is 1.78 bits per heavy atom. The van der Waals surface area contributed by atoms with Crippen LogP contribution in [0, 0.1) is 5.82 Å². The van der Waals surface area contributed by atoms with Gasteiger partial charge >= 0.3 is 0 Å². The molecule has 4 rings (SSSR count). The summed E-state index contributed by atoms with van der Waals surface area (Å²) in [5.41, 5.74) is 0.820. The van der Waals surface area contributed by atoms with Crippen molar-refractivity contribution in [3.8, 4) is 0 Å². The fourth-order valence-electron chi connectivity index (χ4n) is 3.44. The number of halogens is 1. The fraction of sp³-hybridized carbons (Fsp3) is 0.222. The number of nitrogens with zero attached hydrogens (tertiary/aromatic N) is 1. The lowest BCUT2D eigenvalue weighted by Crippen LogP contribution is -2.41. The quantitative estimate of drug-likeness (QED) is 0.828. The lowest BCUT2D eigenvalue weighted by molar-refractivity contribution is -0.119. The summed E-state index contributed by atoms with van der Waals surface area (Å²) in [5, 5.41) is 2.73. The highest BCUT2D eigenvalue weighted by atomic mass is 32.2. The molecule has 0 aliphatic carbocycles. The van der Waals surface area contributed by atoms with Gasteiger partial charge in [-0.15, -0.1) is 0 Å². The van der Waals surface area contributed by atoms with Crippen LogP contribution in [0.4, 0.5) is 10.1 Å². The van der Waals surface area contributed by atoms with Gasteiger partial charge < -0.3 is 10.2 Å². The molecule has 2 aromatic rings. The van der Waals surface area contributed by atoms with Gasteiger partial charge in [0, 0.05) is 12.6 Å². The van der Waals surface area contributed by atoms with E-state index in [0.717, 1.165) is 12.1 Å². The number of hydrogen-bond donors (Lipinski definition) is 2. The molecule has 0 saturated carbocycles. The minimum absolute atomic E-state index is 0.0751. The molecule has 2 aromatic carbocycles. The first-order chi connectivity index (χ1) is 12.8. The van der Waals surface area contributed by atoms with Crippen LogP contribution in [0.3, 0.4) is 0 Å². The molecule has 0 spiro atoms. The number of sulfonamides is 1. The molecule has 2 atom stereocenters. The van der Waals surface area contributed by atoms with Gasteiger partial charge in [-0.05, 0) is 42.8 Å². The summed E-state index contributed by atoms with van der Waals surface area (Å²) in [6.45, 7) is 0.0751. The van der Waals surface area contributed by atoms with E-state index in [2.05, 4.69) is 10.0 Å². The number of fused-ring (bicyclic) bond motifs is 2. The van der Waals surface area contributed by atoms with Gasteiger partial charge in [0.25, 0.3) is 5.91 Å². The minimum atomic E-state index is -3.89. The molecule has 1 fully saturated rings. The van der Waals surface area contributed by atoms with Crippen LogP contribution < -0.4 is 10.0 Å². The summed E-state index contributed by atoms with van der Waals surface area (Å²) < 4.78 is 40.5. The summed E-state index contributed by atoms with van der Waals surface area (Å²) in [4.78, 5) is 26.6. The van der Waals surface area contributed by atoms with E-state index in [0.29, 0.717) is 11.3 Å². The molecular formula is C18H16FN3O4S. The second kappa shape index (κ2) is 6.43. The van der Waals surface area contributed by atoms with Gasteiger partial charge in [0.2, 0.25) is 15.9 Å². The van der Waals surface area contributed by atoms with Crippen LogP contribution in [0.15, 0.2) is 53.4 Å². The standard InChI is InChI=1S/C18H16FN3O4S/c19-11-5-7-13(8-6-11)27(25,26)21-12-9-16-17(23)20-15-4-2-1-3-14(15)18(24)22(16)10-12/h1-8,12,16,21H,9-10H2,(H,20,23)/t12-,16-/m0/s1. The molecule has 2 heterocycles. The zero-order valence-electron chi connectivity index (χ0n) is 14.1. The molecule has 1 saturated heterocycles. The molecule has 0 radical (unpaired) electrons. The lowest BCUT2D eigenvalue weighted by atomic mass is 10.1. The van der Waals surface area contributed by atoms with E-state index in [1.54, 1.807) is 24.3 Å². The second-order valence-electron chi connectivity index (χ2n) is 6.52. The molecule has 2 aliphatic heterocycles. The summed E-state index contributed by atoms with van der Waals surface area (Å²) in [7, 11) is -3.89. The first-order valence-corrected chi connectivity index (χ1v) is 9.82. The molecule has 2 amide bonds. The van der Waals surface area contributed by atoms with Crippen molar-refractivity contribution >= 4 is 27.5 Å². The number of carbonyl (C=O) groups excluding carboxylic acids is 2. The smallest absolute Gasteiger partial charge is 0.256 e. The predicted molar refractivity (Wildman–Crippen MR) is 95.0 cm³/mol. The number of nitrogens with one attached hydrogen (secondary N) is 2. The SMILES string of the molecule is O=C1Nc2ccccc2C(=O)N2C[C@@H](NS(=O)(=O)c3ccc(F)cc3)C[C@@H]12. The van der Waals surface area contributed by atoms with E-state index >= 15 is 0 Å². The molecule has 2 aliphatic rings. The maximum Gasteiger partial charge on any atom is 0.256 e. The van der Waals surface area contributed by atoms with Crippen LogP contribution >= 0.6 is 0 Å². The Kier molecular flexibility index (Phi) is 4.20. The highest BCUT2D eigenvalue weighted by Crippen LogP contribution is 2.29. The average molecular weight is 389 g/mol. The topological polar surface area (TPSA) is 95.6 Å². The van der Waals surface area contributed by atoms with Crippen molar-refractivity contribution in [2.75, 3.05) is 11.9 Å². The average Bonchev–Trinajstić information content (AvgIpc) is 3.01. The van der Waals surface area contributed by atoms with Gasteiger partial charge in [0.1, 0.15) is 11.9 Å². The molecule has 0 aromatic heterocycles. The van der Waals surface area contributed by atoms with Crippen LogP contribution in [0.5, 0.6) is 0 Å². The van der Waals surface area contributed by atoms with E-state index in [4.69, 9.17) is 0 Å². The van der Waals surface area contributed by atoms with Crippen molar-refractivity contribution in [3.63, 3.8) is 0 Å². The summed E-state index contributed by atoms with van der Waals surface area (Å²) in [5.74, 6) is -1.21. The van der Waals surface area contributed by atoms with Crippen molar-refractivity contribution in [2.45, 2.75) is 23.4 Å². The van der Waals surface area contributed by atoms with Crippen LogP contribution in [-0.4, -0.2) is 43.8 Å². The number of carbonyl (C=O) groups is 2. The number of para-hydroxylation sites is 1. The van der Waals surface area contributed by atoms with Crippen molar-refractivity contribution < 1.29 is 22.4 Å². The maximum absolute atomic E-state index is 13.0. The van der Waals surface area contributed by atoms with Crippen molar-refractivity contribution in [3.05, 3.63) is 59.9 Å². The third-order valence-corrected chi connectivity index (χ3v) is 6.26. The van der Waals surface area contributed by atoms with E-state index < -0.39 is 27.9 Å². The number of rotatable bonds is 3. The summed E-state index contributed by atoms with van der Waals surface area (Å²) in [6, 6.07) is 9.78. The molecule has 27 heavy (non-hydrogen) atoms. The minimum Gasteiger partial charge on any atom is -0.325 e. The number of benzene rings is 2. The second-order valence-corrected chi connectivity index (χ2v) is 8.23. The highest BCUT2D eigenvalue weighted by Gasteiger charge is 2.43. The Bertz CT molecular complexity index is 1020. The Morgan fingerprint density at radius 1 is 1.07 bits per heavy atom. The third-order valence-electron chi connectivity index (χ3n) is 4.73. The molecule has 0 bridgehead atoms.